The van der Waals surface area contributed by atoms with Gasteiger partial charge in [-0.2, -0.15) is 4.98 Å². The molecule has 4 rings (SSSR count). The van der Waals surface area contributed by atoms with Gasteiger partial charge in [-0.15, -0.1) is 0 Å². The van der Waals surface area contributed by atoms with Crippen LogP contribution in [0.4, 0.5) is 23.1 Å². The molecule has 154 valence electrons. The first-order valence-electron chi connectivity index (χ1n) is 9.71. The smallest absolute Gasteiger partial charge is 0.229 e. The maximum Gasteiger partial charge on any atom is 0.229 e. The van der Waals surface area contributed by atoms with Crippen LogP contribution in [0.15, 0.2) is 48.5 Å². The second-order valence-corrected chi connectivity index (χ2v) is 8.59. The predicted molar refractivity (Wildman–Crippen MR) is 119 cm³/mol. The summed E-state index contributed by atoms with van der Waals surface area (Å²) in [6.45, 7) is 4.16. The highest BCUT2D eigenvalue weighted by Crippen LogP contribution is 2.38. The van der Waals surface area contributed by atoms with Crippen molar-refractivity contribution in [2.75, 3.05) is 17.7 Å². The average molecular weight is 423 g/mol. The molecule has 30 heavy (non-hydrogen) atoms. The third-order valence-corrected chi connectivity index (χ3v) is 5.20. The Morgan fingerprint density at radius 1 is 1.00 bits per heavy atom. The lowest BCUT2D eigenvalue weighted by atomic mass is 9.75. The fraction of sp³-hybridized carbons (Fsp3) is 0.261. The summed E-state index contributed by atoms with van der Waals surface area (Å²) in [5.41, 5.74) is 2.68. The van der Waals surface area contributed by atoms with E-state index in [1.54, 1.807) is 19.2 Å². The Labute approximate surface area is 180 Å². The number of halogens is 1. The number of aromatic nitrogens is 2. The maximum atomic E-state index is 12.9. The van der Waals surface area contributed by atoms with Gasteiger partial charge in [0, 0.05) is 28.9 Å². The minimum absolute atomic E-state index is 0.0405. The molecule has 0 fully saturated rings. The van der Waals surface area contributed by atoms with Crippen molar-refractivity contribution < 1.29 is 9.53 Å². The van der Waals surface area contributed by atoms with Gasteiger partial charge in [-0.05, 0) is 42.2 Å². The van der Waals surface area contributed by atoms with Crippen LogP contribution in [-0.4, -0.2) is 22.9 Å². The van der Waals surface area contributed by atoms with Gasteiger partial charge in [-0.25, -0.2) is 4.98 Å². The molecule has 1 aromatic heterocycles. The van der Waals surface area contributed by atoms with Crippen LogP contribution in [0.5, 0.6) is 5.75 Å². The molecule has 7 heteroatoms. The lowest BCUT2D eigenvalue weighted by Gasteiger charge is -2.30. The molecule has 3 aromatic rings. The van der Waals surface area contributed by atoms with E-state index in [0.717, 1.165) is 22.8 Å². The predicted octanol–water partition coefficient (Wildman–Crippen LogP) is 5.78. The number of ketones is 1. The van der Waals surface area contributed by atoms with Gasteiger partial charge in [-0.1, -0.05) is 37.6 Å². The van der Waals surface area contributed by atoms with E-state index in [0.29, 0.717) is 35.2 Å². The summed E-state index contributed by atoms with van der Waals surface area (Å²) in [4.78, 5) is 22.3. The number of rotatable bonds is 5. The third-order valence-electron chi connectivity index (χ3n) is 4.96. The van der Waals surface area contributed by atoms with Crippen LogP contribution in [0.1, 0.15) is 36.3 Å². The standard InChI is InChI=1S/C23H23ClN4O2/c1-23(2)12-18-20(19(29)13-23)21(25-15-7-4-6-14(24)10-15)28-22(27-18)26-16-8-5-9-17(11-16)30-3/h4-11H,12-13H2,1-3H3,(H2,25,26,27,28). The fourth-order valence-electron chi connectivity index (χ4n) is 3.65. The SMILES string of the molecule is COc1cccc(Nc2nc3c(c(Nc4cccc(Cl)c4)n2)C(=O)CC(C)(C)C3)c1. The number of anilines is 4. The van der Waals surface area contributed by atoms with Crippen LogP contribution in [0, 0.1) is 5.41 Å². The van der Waals surface area contributed by atoms with Crippen LogP contribution < -0.4 is 15.4 Å². The number of benzene rings is 2. The van der Waals surface area contributed by atoms with Gasteiger partial charge in [-0.3, -0.25) is 4.79 Å². The minimum Gasteiger partial charge on any atom is -0.497 e. The Morgan fingerprint density at radius 2 is 1.73 bits per heavy atom. The summed E-state index contributed by atoms with van der Waals surface area (Å²) in [5, 5.41) is 7.09. The number of hydrogen-bond acceptors (Lipinski definition) is 6. The maximum absolute atomic E-state index is 12.9. The van der Waals surface area contributed by atoms with E-state index in [1.165, 1.54) is 0 Å². The molecule has 0 bridgehead atoms. The summed E-state index contributed by atoms with van der Waals surface area (Å²) in [7, 11) is 1.62. The molecule has 1 aliphatic rings. The molecular formula is C23H23ClN4O2. The zero-order chi connectivity index (χ0) is 21.3. The van der Waals surface area contributed by atoms with E-state index in [2.05, 4.69) is 34.4 Å². The Bertz CT molecular complexity index is 1110. The molecule has 0 spiro atoms. The van der Waals surface area contributed by atoms with Crippen molar-refractivity contribution in [1.29, 1.82) is 0 Å². The number of hydrogen-bond donors (Lipinski definition) is 2. The fourth-order valence-corrected chi connectivity index (χ4v) is 3.84. The van der Waals surface area contributed by atoms with Crippen molar-refractivity contribution >= 4 is 40.5 Å². The van der Waals surface area contributed by atoms with E-state index < -0.39 is 0 Å². The van der Waals surface area contributed by atoms with E-state index in [4.69, 9.17) is 16.3 Å². The van der Waals surface area contributed by atoms with Crippen LogP contribution >= 0.6 is 11.6 Å². The highest BCUT2D eigenvalue weighted by Gasteiger charge is 2.35. The number of nitrogens with zero attached hydrogens (tertiary/aromatic N) is 2. The number of Topliss-reactive ketones (excluding diaryl/α,β-unsaturated/α-hetero) is 1. The second kappa shape index (κ2) is 7.95. The summed E-state index contributed by atoms with van der Waals surface area (Å²) < 4.78 is 5.29. The number of carbonyl (C=O) groups is 1. The van der Waals surface area contributed by atoms with Gasteiger partial charge in [0.2, 0.25) is 5.95 Å². The molecule has 0 saturated carbocycles. The molecule has 0 unspecified atom stereocenters. The molecule has 0 saturated heterocycles. The van der Waals surface area contributed by atoms with Crippen molar-refractivity contribution in [3.05, 3.63) is 64.8 Å². The average Bonchev–Trinajstić information content (AvgIpc) is 2.66. The molecule has 0 radical (unpaired) electrons. The highest BCUT2D eigenvalue weighted by molar-refractivity contribution is 6.30. The van der Waals surface area contributed by atoms with E-state index >= 15 is 0 Å². The zero-order valence-electron chi connectivity index (χ0n) is 17.1. The van der Waals surface area contributed by atoms with Crippen LogP contribution in [0.25, 0.3) is 0 Å². The van der Waals surface area contributed by atoms with Crippen LogP contribution in [0.3, 0.4) is 0 Å². The third kappa shape index (κ3) is 4.39. The Balaban J connectivity index is 1.77. The first kappa shape index (κ1) is 20.2. The normalized spacial score (nSPS) is 14.7. The van der Waals surface area contributed by atoms with Gasteiger partial charge >= 0.3 is 0 Å². The largest absolute Gasteiger partial charge is 0.497 e. The summed E-state index contributed by atoms with van der Waals surface area (Å²) in [5.74, 6) is 1.66. The van der Waals surface area contributed by atoms with Gasteiger partial charge in [0.1, 0.15) is 11.6 Å². The molecule has 1 aliphatic carbocycles. The lowest BCUT2D eigenvalue weighted by Crippen LogP contribution is -2.29. The van der Waals surface area contributed by atoms with Crippen molar-refractivity contribution in [3.63, 3.8) is 0 Å². The van der Waals surface area contributed by atoms with Crippen LogP contribution in [-0.2, 0) is 6.42 Å². The van der Waals surface area contributed by atoms with Crippen molar-refractivity contribution in [1.82, 2.24) is 9.97 Å². The summed E-state index contributed by atoms with van der Waals surface area (Å²) in [6, 6.07) is 14.8. The molecular weight excluding hydrogens is 400 g/mol. The quantitative estimate of drug-likeness (QED) is 0.542. The van der Waals surface area contributed by atoms with Gasteiger partial charge < -0.3 is 15.4 Å². The molecule has 0 amide bonds. The first-order valence-corrected chi connectivity index (χ1v) is 10.1. The van der Waals surface area contributed by atoms with Gasteiger partial charge in [0.15, 0.2) is 5.78 Å². The highest BCUT2D eigenvalue weighted by atomic mass is 35.5. The molecule has 2 N–H and O–H groups in total. The van der Waals surface area contributed by atoms with Crippen molar-refractivity contribution in [3.8, 4) is 5.75 Å². The number of nitrogens with one attached hydrogen (secondary N) is 2. The summed E-state index contributed by atoms with van der Waals surface area (Å²) in [6.07, 6.45) is 1.14. The summed E-state index contributed by atoms with van der Waals surface area (Å²) >= 11 is 6.12. The van der Waals surface area contributed by atoms with Crippen LogP contribution in [0.2, 0.25) is 5.02 Å². The Morgan fingerprint density at radius 3 is 2.47 bits per heavy atom. The molecule has 1 heterocycles. The first-order chi connectivity index (χ1) is 14.3. The molecule has 2 aromatic carbocycles. The van der Waals surface area contributed by atoms with Gasteiger partial charge in [0.05, 0.1) is 18.4 Å². The Kier molecular flexibility index (Phi) is 5.35. The molecule has 0 aliphatic heterocycles. The number of fused-ring (bicyclic) bond motifs is 1. The van der Waals surface area contributed by atoms with E-state index in [-0.39, 0.29) is 11.2 Å². The second-order valence-electron chi connectivity index (χ2n) is 8.15. The Hall–Kier alpha value is -3.12. The number of methoxy groups -OCH3 is 1. The zero-order valence-corrected chi connectivity index (χ0v) is 17.9. The molecule has 6 nitrogen and oxygen atoms in total. The van der Waals surface area contributed by atoms with Gasteiger partial charge in [0.25, 0.3) is 0 Å². The van der Waals surface area contributed by atoms with E-state index in [9.17, 15) is 4.79 Å². The number of carbonyl (C=O) groups excluding carboxylic acids is 1. The number of ether oxygens (including phenoxy) is 1. The lowest BCUT2D eigenvalue weighted by molar-refractivity contribution is 0.0911. The van der Waals surface area contributed by atoms with Crippen molar-refractivity contribution in [2.45, 2.75) is 26.7 Å². The van der Waals surface area contributed by atoms with Crippen molar-refractivity contribution in [2.24, 2.45) is 5.41 Å². The molecule has 0 atom stereocenters. The monoisotopic (exact) mass is 422 g/mol. The topological polar surface area (TPSA) is 76.1 Å². The minimum atomic E-state index is -0.154. The van der Waals surface area contributed by atoms with E-state index in [1.807, 2.05) is 36.4 Å².